The Kier molecular flexibility index (Phi) is 6.01. The molecule has 3 aromatic carbocycles. The maximum Gasteiger partial charge on any atom is 0.325 e. The minimum atomic E-state index is -3.56. The van der Waals surface area contributed by atoms with Gasteiger partial charge in [0.2, 0.25) is 15.9 Å². The number of urea groups is 1. The van der Waals surface area contributed by atoms with Gasteiger partial charge in [0.1, 0.15) is 12.1 Å². The molecule has 186 valence electrons. The lowest BCUT2D eigenvalue weighted by Crippen LogP contribution is -2.42. The lowest BCUT2D eigenvalue weighted by Gasteiger charge is -2.24. The lowest BCUT2D eigenvalue weighted by molar-refractivity contribution is -0.133. The van der Waals surface area contributed by atoms with Gasteiger partial charge in [0.15, 0.2) is 0 Å². The van der Waals surface area contributed by atoms with Crippen molar-refractivity contribution >= 4 is 44.3 Å². The molecule has 1 unspecified atom stereocenters. The predicted molar refractivity (Wildman–Crippen MR) is 135 cm³/mol. The number of amides is 4. The molecule has 2 fully saturated rings. The van der Waals surface area contributed by atoms with Gasteiger partial charge in [-0.1, -0.05) is 42.5 Å². The molecule has 0 radical (unpaired) electrons. The maximum atomic E-state index is 13.3. The molecular weight excluding hydrogens is 480 g/mol. The van der Waals surface area contributed by atoms with Crippen LogP contribution < -0.4 is 10.6 Å². The maximum absolute atomic E-state index is 13.3. The molecule has 0 saturated carbocycles. The minimum absolute atomic E-state index is 0.155. The van der Waals surface area contributed by atoms with Crippen LogP contribution in [-0.4, -0.2) is 55.1 Å². The summed E-state index contributed by atoms with van der Waals surface area (Å²) in [5.74, 6) is -1.10. The molecule has 0 spiro atoms. The Bertz CT molecular complexity index is 1460. The molecule has 2 heterocycles. The largest absolute Gasteiger partial charge is 0.325 e. The Balaban J connectivity index is 1.29. The molecule has 0 aromatic heterocycles. The highest BCUT2D eigenvalue weighted by Gasteiger charge is 2.50. The van der Waals surface area contributed by atoms with Crippen molar-refractivity contribution in [3.63, 3.8) is 0 Å². The number of anilines is 1. The fourth-order valence-electron chi connectivity index (χ4n) is 4.82. The number of rotatable bonds is 6. The van der Waals surface area contributed by atoms with E-state index in [0.29, 0.717) is 24.3 Å². The summed E-state index contributed by atoms with van der Waals surface area (Å²) in [7, 11) is -3.56. The summed E-state index contributed by atoms with van der Waals surface area (Å²) < 4.78 is 26.8. The van der Waals surface area contributed by atoms with Gasteiger partial charge in [-0.3, -0.25) is 14.5 Å². The molecule has 2 aliphatic heterocycles. The lowest BCUT2D eigenvalue weighted by atomic mass is 9.88. The normalized spacial score (nSPS) is 20.6. The van der Waals surface area contributed by atoms with Crippen LogP contribution >= 0.6 is 0 Å². The van der Waals surface area contributed by atoms with E-state index < -0.39 is 40.0 Å². The molecule has 2 saturated heterocycles. The standard InChI is InChI=1S/C26H26N4O5S/c1-26(22-10-6-8-18-7-2-3-9-21(18)22)24(32)30(25(33)28-26)17-23(31)27-19-11-13-20(14-12-19)36(34,35)29-15-4-5-16-29/h2-3,6-14H,4-5,15-17H2,1H3,(H,27,31)(H,28,33). The third-order valence-corrected chi connectivity index (χ3v) is 8.66. The number of carbonyl (C=O) groups excluding carboxylic acids is 3. The van der Waals surface area contributed by atoms with Gasteiger partial charge >= 0.3 is 6.03 Å². The number of fused-ring (bicyclic) bond motifs is 1. The summed E-state index contributed by atoms with van der Waals surface area (Å²) in [5, 5.41) is 7.15. The van der Waals surface area contributed by atoms with Gasteiger partial charge in [0.05, 0.1) is 4.90 Å². The average molecular weight is 507 g/mol. The third kappa shape index (κ3) is 4.12. The monoisotopic (exact) mass is 506 g/mol. The van der Waals surface area contributed by atoms with Crippen LogP contribution in [-0.2, 0) is 25.2 Å². The second kappa shape index (κ2) is 9.03. The smallest absolute Gasteiger partial charge is 0.325 e. The third-order valence-electron chi connectivity index (χ3n) is 6.75. The van der Waals surface area contributed by atoms with Crippen LogP contribution in [0.5, 0.6) is 0 Å². The molecule has 9 nitrogen and oxygen atoms in total. The minimum Gasteiger partial charge on any atom is -0.325 e. The van der Waals surface area contributed by atoms with E-state index in [1.54, 1.807) is 13.0 Å². The highest BCUT2D eigenvalue weighted by atomic mass is 32.2. The van der Waals surface area contributed by atoms with E-state index in [0.717, 1.165) is 28.5 Å². The quantitative estimate of drug-likeness (QED) is 0.499. The van der Waals surface area contributed by atoms with Crippen LogP contribution in [0.15, 0.2) is 71.6 Å². The number of hydrogen-bond donors (Lipinski definition) is 2. The van der Waals surface area contributed by atoms with Crippen molar-refractivity contribution in [1.29, 1.82) is 0 Å². The Labute approximate surface area is 209 Å². The molecule has 0 aliphatic carbocycles. The molecule has 5 rings (SSSR count). The van der Waals surface area contributed by atoms with E-state index >= 15 is 0 Å². The Morgan fingerprint density at radius 1 is 0.972 bits per heavy atom. The van der Waals surface area contributed by atoms with Crippen molar-refractivity contribution in [2.45, 2.75) is 30.2 Å². The first-order valence-corrected chi connectivity index (χ1v) is 13.2. The summed E-state index contributed by atoms with van der Waals surface area (Å²) in [6, 6.07) is 18.3. The van der Waals surface area contributed by atoms with E-state index in [1.165, 1.54) is 28.6 Å². The van der Waals surface area contributed by atoms with Gasteiger partial charge in [-0.2, -0.15) is 4.31 Å². The first kappa shape index (κ1) is 24.0. The molecule has 0 bridgehead atoms. The highest BCUT2D eigenvalue weighted by molar-refractivity contribution is 7.89. The van der Waals surface area contributed by atoms with E-state index in [4.69, 9.17) is 0 Å². The van der Waals surface area contributed by atoms with E-state index in [9.17, 15) is 22.8 Å². The van der Waals surface area contributed by atoms with Crippen LogP contribution in [0.3, 0.4) is 0 Å². The number of carbonyl (C=O) groups is 3. The molecule has 3 aromatic rings. The summed E-state index contributed by atoms with van der Waals surface area (Å²) in [4.78, 5) is 39.8. The predicted octanol–water partition coefficient (Wildman–Crippen LogP) is 3.03. The van der Waals surface area contributed by atoms with Gasteiger partial charge in [-0.15, -0.1) is 0 Å². The Morgan fingerprint density at radius 2 is 1.64 bits per heavy atom. The summed E-state index contributed by atoms with van der Waals surface area (Å²) in [5.41, 5.74) is -0.301. The number of benzene rings is 3. The Hall–Kier alpha value is -3.76. The average Bonchev–Trinajstić information content (AvgIpc) is 3.49. The molecule has 2 aliphatic rings. The summed E-state index contributed by atoms with van der Waals surface area (Å²) >= 11 is 0. The number of nitrogens with zero attached hydrogens (tertiary/aromatic N) is 2. The van der Waals surface area contributed by atoms with Crippen LogP contribution in [0.2, 0.25) is 0 Å². The fourth-order valence-corrected chi connectivity index (χ4v) is 6.33. The fraction of sp³-hybridized carbons (Fsp3) is 0.269. The second-order valence-corrected chi connectivity index (χ2v) is 11.1. The zero-order chi connectivity index (χ0) is 25.5. The van der Waals surface area contributed by atoms with Gasteiger partial charge < -0.3 is 10.6 Å². The molecule has 36 heavy (non-hydrogen) atoms. The number of hydrogen-bond acceptors (Lipinski definition) is 5. The van der Waals surface area contributed by atoms with E-state index in [2.05, 4.69) is 10.6 Å². The zero-order valence-corrected chi connectivity index (χ0v) is 20.5. The van der Waals surface area contributed by atoms with E-state index in [1.807, 2.05) is 36.4 Å². The van der Waals surface area contributed by atoms with Gasteiger partial charge in [-0.05, 0) is 60.4 Å². The van der Waals surface area contributed by atoms with Crippen molar-refractivity contribution in [2.24, 2.45) is 0 Å². The van der Waals surface area contributed by atoms with Crippen molar-refractivity contribution in [2.75, 3.05) is 25.0 Å². The molecule has 1 atom stereocenters. The first-order chi connectivity index (χ1) is 17.2. The van der Waals surface area contributed by atoms with Crippen molar-refractivity contribution < 1.29 is 22.8 Å². The zero-order valence-electron chi connectivity index (χ0n) is 19.7. The van der Waals surface area contributed by atoms with Gasteiger partial charge in [-0.25, -0.2) is 13.2 Å². The van der Waals surface area contributed by atoms with Crippen LogP contribution in [0, 0.1) is 0 Å². The topological polar surface area (TPSA) is 116 Å². The number of imide groups is 1. The first-order valence-electron chi connectivity index (χ1n) is 11.7. The van der Waals surface area contributed by atoms with Gasteiger partial charge in [0, 0.05) is 18.8 Å². The molecule has 2 N–H and O–H groups in total. The molecular formula is C26H26N4O5S. The summed E-state index contributed by atoms with van der Waals surface area (Å²) in [6.07, 6.45) is 1.69. The van der Waals surface area contributed by atoms with Crippen LogP contribution in [0.4, 0.5) is 10.5 Å². The highest BCUT2D eigenvalue weighted by Crippen LogP contribution is 2.33. The van der Waals surface area contributed by atoms with Crippen molar-refractivity contribution in [3.05, 3.63) is 72.3 Å². The van der Waals surface area contributed by atoms with Crippen LogP contribution in [0.25, 0.3) is 10.8 Å². The number of nitrogens with one attached hydrogen (secondary N) is 2. The second-order valence-electron chi connectivity index (χ2n) is 9.16. The summed E-state index contributed by atoms with van der Waals surface area (Å²) in [6.45, 7) is 2.17. The Morgan fingerprint density at radius 3 is 2.36 bits per heavy atom. The van der Waals surface area contributed by atoms with E-state index in [-0.39, 0.29) is 4.90 Å². The van der Waals surface area contributed by atoms with Crippen molar-refractivity contribution in [3.8, 4) is 0 Å². The van der Waals surface area contributed by atoms with Crippen molar-refractivity contribution in [1.82, 2.24) is 14.5 Å². The molecule has 10 heteroatoms. The SMILES string of the molecule is CC1(c2cccc3ccccc23)NC(=O)N(CC(=O)Nc2ccc(S(=O)(=O)N3CCCC3)cc2)C1=O. The van der Waals surface area contributed by atoms with Crippen LogP contribution in [0.1, 0.15) is 25.3 Å². The molecule has 4 amide bonds. The van der Waals surface area contributed by atoms with Gasteiger partial charge in [0.25, 0.3) is 5.91 Å². The number of sulfonamides is 1.